The Balaban J connectivity index is 1.21. The number of rotatable bonds is 8. The molecule has 5 rings (SSSR count). The van der Waals surface area contributed by atoms with E-state index in [0.717, 1.165) is 12.1 Å². The van der Waals surface area contributed by atoms with Crippen molar-refractivity contribution in [3.8, 4) is 23.2 Å². The number of aromatic nitrogens is 9. The Hall–Kier alpha value is -4.57. The molecule has 0 spiro atoms. The first-order valence-electron chi connectivity index (χ1n) is 12.1. The topological polar surface area (TPSA) is 124 Å². The summed E-state index contributed by atoms with van der Waals surface area (Å²) in [5.41, 5.74) is 2.12. The van der Waals surface area contributed by atoms with Gasteiger partial charge in [0, 0.05) is 64.3 Å². The van der Waals surface area contributed by atoms with Crippen LogP contribution in [0.15, 0.2) is 49.8 Å². The van der Waals surface area contributed by atoms with Crippen LogP contribution in [0.25, 0.3) is 11.4 Å². The van der Waals surface area contributed by atoms with Gasteiger partial charge in [-0.25, -0.2) is 34.9 Å². The number of nitrogens with zero attached hydrogens (tertiary/aromatic N) is 11. The Morgan fingerprint density at radius 2 is 1.63 bits per heavy atom. The first-order valence-corrected chi connectivity index (χ1v) is 12.1. The molecule has 194 valence electrons. The molecule has 0 unspecified atom stereocenters. The Morgan fingerprint density at radius 3 is 2.32 bits per heavy atom. The van der Waals surface area contributed by atoms with Crippen molar-refractivity contribution >= 4 is 11.9 Å². The Bertz CT molecular complexity index is 1370. The van der Waals surface area contributed by atoms with E-state index in [4.69, 9.17) is 4.74 Å². The maximum absolute atomic E-state index is 12.4. The number of alkyl halides is 1. The summed E-state index contributed by atoms with van der Waals surface area (Å²) in [6.45, 7) is 2.76. The number of piperazine rings is 1. The summed E-state index contributed by atoms with van der Waals surface area (Å²) in [6, 6.07) is 0.0478. The Kier molecular flexibility index (Phi) is 8.00. The molecule has 38 heavy (non-hydrogen) atoms. The first kappa shape index (κ1) is 25.1. The molecule has 1 atom stereocenters. The molecule has 4 aromatic heterocycles. The molecular formula is C25H26FN11O. The number of hydrogen-bond donors (Lipinski definition) is 0. The molecule has 13 heteroatoms. The monoisotopic (exact) mass is 515 g/mol. The Labute approximate surface area is 219 Å². The lowest BCUT2D eigenvalue weighted by molar-refractivity contribution is 0.173. The average Bonchev–Trinajstić information content (AvgIpc) is 3.45. The van der Waals surface area contributed by atoms with Crippen LogP contribution in [0.1, 0.15) is 17.5 Å². The largest absolute Gasteiger partial charge is 0.382 e. The van der Waals surface area contributed by atoms with Crippen molar-refractivity contribution in [2.75, 3.05) is 49.8 Å². The highest BCUT2D eigenvalue weighted by Crippen LogP contribution is 2.19. The van der Waals surface area contributed by atoms with Gasteiger partial charge in [0.1, 0.15) is 12.7 Å². The average molecular weight is 516 g/mol. The lowest BCUT2D eigenvalue weighted by Gasteiger charge is -2.40. The van der Waals surface area contributed by atoms with Gasteiger partial charge in [0.25, 0.3) is 0 Å². The summed E-state index contributed by atoms with van der Waals surface area (Å²) < 4.78 is 19.5. The van der Waals surface area contributed by atoms with E-state index in [1.165, 1.54) is 12.7 Å². The lowest BCUT2D eigenvalue weighted by atomic mass is 10.2. The van der Waals surface area contributed by atoms with Gasteiger partial charge in [0.15, 0.2) is 5.82 Å². The highest BCUT2D eigenvalue weighted by molar-refractivity contribution is 5.52. The molecule has 0 amide bonds. The zero-order valence-corrected chi connectivity index (χ0v) is 20.9. The van der Waals surface area contributed by atoms with E-state index in [9.17, 15) is 4.39 Å². The molecule has 0 saturated carbocycles. The molecule has 1 fully saturated rings. The minimum absolute atomic E-state index is 0.0478. The molecule has 0 aliphatic carbocycles. The summed E-state index contributed by atoms with van der Waals surface area (Å²) in [7, 11) is 1.68. The van der Waals surface area contributed by atoms with E-state index in [0.29, 0.717) is 61.5 Å². The van der Waals surface area contributed by atoms with Gasteiger partial charge in [-0.3, -0.25) is 9.07 Å². The normalized spacial score (nSPS) is 15.3. The summed E-state index contributed by atoms with van der Waals surface area (Å²) in [4.78, 5) is 34.5. The quantitative estimate of drug-likeness (QED) is 0.316. The van der Waals surface area contributed by atoms with Crippen molar-refractivity contribution in [3.05, 3.63) is 61.0 Å². The van der Waals surface area contributed by atoms with Crippen molar-refractivity contribution in [2.24, 2.45) is 0 Å². The van der Waals surface area contributed by atoms with E-state index in [1.807, 2.05) is 0 Å². The number of aryl methyl sites for hydroxylation is 1. The minimum atomic E-state index is -0.373. The summed E-state index contributed by atoms with van der Waals surface area (Å²) >= 11 is 0. The predicted octanol–water partition coefficient (Wildman–Crippen LogP) is 1.42. The third-order valence-electron chi connectivity index (χ3n) is 5.91. The second-order valence-electron chi connectivity index (χ2n) is 8.54. The molecule has 12 nitrogen and oxygen atoms in total. The number of halogens is 1. The fourth-order valence-electron chi connectivity index (χ4n) is 4.07. The fraction of sp³-hybridized carbons (Fsp3) is 0.360. The zero-order valence-electron chi connectivity index (χ0n) is 20.9. The van der Waals surface area contributed by atoms with Crippen LogP contribution >= 0.6 is 0 Å². The standard InChI is InChI=1S/C25H26FN11O/c1-38-16-22-15-35(7-8-37(22)25-32-17-27-18-33-25)24-30-11-20(12-31-24)4-3-19-9-28-23(29-10-19)21-13-34-36(14-21)6-2-5-26/h9-14,17-18,22H,2,5-8,15-16H2,1H3/t22-/m1/s1. The summed E-state index contributed by atoms with van der Waals surface area (Å²) in [5, 5.41) is 4.21. The third-order valence-corrected chi connectivity index (χ3v) is 5.91. The second kappa shape index (κ2) is 12.1. The van der Waals surface area contributed by atoms with E-state index < -0.39 is 0 Å². The van der Waals surface area contributed by atoms with E-state index in [1.54, 1.807) is 49.0 Å². The van der Waals surface area contributed by atoms with Crippen molar-refractivity contribution < 1.29 is 9.13 Å². The van der Waals surface area contributed by atoms with Crippen molar-refractivity contribution in [3.63, 3.8) is 0 Å². The lowest BCUT2D eigenvalue weighted by Crippen LogP contribution is -2.56. The van der Waals surface area contributed by atoms with E-state index in [-0.39, 0.29) is 12.7 Å². The molecule has 5 heterocycles. The van der Waals surface area contributed by atoms with Crippen molar-refractivity contribution in [1.82, 2.24) is 44.7 Å². The maximum Gasteiger partial charge on any atom is 0.228 e. The van der Waals surface area contributed by atoms with Crippen molar-refractivity contribution in [1.29, 1.82) is 0 Å². The molecular weight excluding hydrogens is 489 g/mol. The SMILES string of the molecule is COC[C@H]1CN(c2ncc(C#Cc3cnc(-c4cnn(CCCF)c4)nc3)cn2)CCN1c1ncncn1. The highest BCUT2D eigenvalue weighted by Gasteiger charge is 2.30. The summed E-state index contributed by atoms with van der Waals surface area (Å²) in [5.74, 6) is 7.91. The molecule has 1 aliphatic heterocycles. The molecule has 0 radical (unpaired) electrons. The van der Waals surface area contributed by atoms with Gasteiger partial charge in [-0.15, -0.1) is 0 Å². The van der Waals surface area contributed by atoms with Gasteiger partial charge in [-0.1, -0.05) is 11.8 Å². The van der Waals surface area contributed by atoms with Gasteiger partial charge in [0.05, 0.1) is 42.2 Å². The van der Waals surface area contributed by atoms with Crippen LogP contribution in [-0.4, -0.2) is 90.7 Å². The number of hydrogen-bond acceptors (Lipinski definition) is 11. The third kappa shape index (κ3) is 6.04. The Morgan fingerprint density at radius 1 is 0.921 bits per heavy atom. The van der Waals surface area contributed by atoms with Crippen LogP contribution in [-0.2, 0) is 11.3 Å². The molecule has 4 aromatic rings. The second-order valence-corrected chi connectivity index (χ2v) is 8.54. The smallest absolute Gasteiger partial charge is 0.228 e. The van der Waals surface area contributed by atoms with E-state index in [2.05, 4.69) is 61.6 Å². The van der Waals surface area contributed by atoms with Gasteiger partial charge >= 0.3 is 0 Å². The van der Waals surface area contributed by atoms with Gasteiger partial charge in [-0.2, -0.15) is 5.10 Å². The predicted molar refractivity (Wildman–Crippen MR) is 137 cm³/mol. The molecule has 1 aliphatic rings. The zero-order chi connectivity index (χ0) is 26.2. The fourth-order valence-corrected chi connectivity index (χ4v) is 4.07. The van der Waals surface area contributed by atoms with E-state index >= 15 is 0 Å². The molecule has 0 bridgehead atoms. The number of anilines is 2. The number of ether oxygens (including phenoxy) is 1. The van der Waals surface area contributed by atoms with Crippen LogP contribution < -0.4 is 9.80 Å². The van der Waals surface area contributed by atoms with Crippen LogP contribution in [0.3, 0.4) is 0 Å². The molecule has 0 aromatic carbocycles. The van der Waals surface area contributed by atoms with Crippen LogP contribution in [0.5, 0.6) is 0 Å². The molecule has 1 saturated heterocycles. The first-order chi connectivity index (χ1) is 18.7. The highest BCUT2D eigenvalue weighted by atomic mass is 19.1. The minimum Gasteiger partial charge on any atom is -0.382 e. The van der Waals surface area contributed by atoms with Crippen LogP contribution in [0, 0.1) is 11.8 Å². The molecule has 0 N–H and O–H groups in total. The van der Waals surface area contributed by atoms with Gasteiger partial charge in [-0.05, 0) is 6.42 Å². The summed E-state index contributed by atoms with van der Waals surface area (Å²) in [6.07, 6.45) is 13.6. The van der Waals surface area contributed by atoms with Gasteiger partial charge < -0.3 is 14.5 Å². The number of methoxy groups -OCH3 is 1. The van der Waals surface area contributed by atoms with Crippen LogP contribution in [0.4, 0.5) is 16.3 Å². The van der Waals surface area contributed by atoms with Crippen LogP contribution in [0.2, 0.25) is 0 Å². The van der Waals surface area contributed by atoms with Crippen molar-refractivity contribution in [2.45, 2.75) is 19.0 Å². The van der Waals surface area contributed by atoms with Gasteiger partial charge in [0.2, 0.25) is 11.9 Å². The maximum atomic E-state index is 12.4.